The van der Waals surface area contributed by atoms with Gasteiger partial charge in [0.15, 0.2) is 0 Å². The molecule has 0 aliphatic heterocycles. The van der Waals surface area contributed by atoms with Crippen molar-refractivity contribution in [2.45, 2.75) is 26.7 Å². The van der Waals surface area contributed by atoms with Crippen LogP contribution in [0.1, 0.15) is 30.9 Å². The molecule has 0 fully saturated rings. The van der Waals surface area contributed by atoms with Crippen LogP contribution >= 0.6 is 0 Å². The van der Waals surface area contributed by atoms with Crippen LogP contribution in [-0.2, 0) is 4.79 Å². The normalized spacial score (nSPS) is 11.7. The highest BCUT2D eigenvalue weighted by atomic mass is 19.1. The molecule has 3 N–H and O–H groups in total. The minimum atomic E-state index is -0.500. The number of nitriles is 1. The van der Waals surface area contributed by atoms with Crippen LogP contribution in [-0.4, -0.2) is 12.5 Å². The maximum absolute atomic E-state index is 13.5. The molecule has 1 rings (SSSR count). The molecule has 0 bridgehead atoms. The van der Waals surface area contributed by atoms with Gasteiger partial charge in [0.25, 0.3) is 0 Å². The minimum absolute atomic E-state index is 0.115. The molecular weight excluding hydrogens is 245 g/mol. The topological polar surface area (TPSA) is 78.9 Å². The number of carbonyl (C=O) groups is 1. The Labute approximate surface area is 112 Å². The number of nitrogens with two attached hydrogens (primary N) is 1. The van der Waals surface area contributed by atoms with Crippen LogP contribution < -0.4 is 11.1 Å². The van der Waals surface area contributed by atoms with E-state index in [0.29, 0.717) is 24.2 Å². The summed E-state index contributed by atoms with van der Waals surface area (Å²) in [6.07, 6.45) is 1.11. The Morgan fingerprint density at radius 2 is 2.26 bits per heavy atom. The lowest BCUT2D eigenvalue weighted by Crippen LogP contribution is -2.22. The average Bonchev–Trinajstić information content (AvgIpc) is 2.40. The van der Waals surface area contributed by atoms with E-state index >= 15 is 0 Å². The maximum atomic E-state index is 13.5. The standard InChI is InChI=1S/C14H18FN3O/c1-3-10(7-16)6-14(19)18-13-5-11(8-17)4-12(15)9(13)2/h4-5,10H,3,6-7,16H2,1-2H3,(H,18,19). The van der Waals surface area contributed by atoms with Gasteiger partial charge >= 0.3 is 0 Å². The highest BCUT2D eigenvalue weighted by Gasteiger charge is 2.13. The molecular formula is C14H18FN3O. The van der Waals surface area contributed by atoms with Gasteiger partial charge in [0.05, 0.1) is 11.6 Å². The van der Waals surface area contributed by atoms with E-state index in [2.05, 4.69) is 5.32 Å². The Hall–Kier alpha value is -1.93. The highest BCUT2D eigenvalue weighted by Crippen LogP contribution is 2.21. The Balaban J connectivity index is 2.85. The van der Waals surface area contributed by atoms with Gasteiger partial charge in [-0.3, -0.25) is 4.79 Å². The number of nitrogens with zero attached hydrogens (tertiary/aromatic N) is 1. The number of nitrogens with one attached hydrogen (secondary N) is 1. The van der Waals surface area contributed by atoms with E-state index in [1.165, 1.54) is 6.07 Å². The van der Waals surface area contributed by atoms with Crippen molar-refractivity contribution in [3.05, 3.63) is 29.1 Å². The van der Waals surface area contributed by atoms with Gasteiger partial charge in [-0.1, -0.05) is 13.3 Å². The molecule has 102 valence electrons. The third kappa shape index (κ3) is 4.04. The van der Waals surface area contributed by atoms with Gasteiger partial charge in [-0.2, -0.15) is 5.26 Å². The van der Waals surface area contributed by atoms with Crippen molar-refractivity contribution in [2.75, 3.05) is 11.9 Å². The van der Waals surface area contributed by atoms with Crippen molar-refractivity contribution in [3.8, 4) is 6.07 Å². The van der Waals surface area contributed by atoms with Crippen molar-refractivity contribution < 1.29 is 9.18 Å². The van der Waals surface area contributed by atoms with Crippen LogP contribution in [0.2, 0.25) is 0 Å². The SMILES string of the molecule is CCC(CN)CC(=O)Nc1cc(C#N)cc(F)c1C. The van der Waals surface area contributed by atoms with Gasteiger partial charge in [-0.05, 0) is 31.5 Å². The van der Waals surface area contributed by atoms with Crippen LogP contribution in [0.15, 0.2) is 12.1 Å². The first-order valence-corrected chi connectivity index (χ1v) is 6.22. The number of halogens is 1. The molecule has 0 aromatic heterocycles. The van der Waals surface area contributed by atoms with Crippen LogP contribution in [0, 0.1) is 30.0 Å². The van der Waals surface area contributed by atoms with E-state index in [0.717, 1.165) is 12.5 Å². The number of amides is 1. The van der Waals surface area contributed by atoms with Crippen molar-refractivity contribution in [1.82, 2.24) is 0 Å². The van der Waals surface area contributed by atoms with E-state index < -0.39 is 5.82 Å². The molecule has 0 aliphatic carbocycles. The number of hydrogen-bond donors (Lipinski definition) is 2. The van der Waals surface area contributed by atoms with Crippen LogP contribution in [0.25, 0.3) is 0 Å². The second kappa shape index (κ2) is 6.86. The molecule has 0 saturated heterocycles. The van der Waals surface area contributed by atoms with Gasteiger partial charge < -0.3 is 11.1 Å². The molecule has 0 radical (unpaired) electrons. The lowest BCUT2D eigenvalue weighted by Gasteiger charge is -2.13. The Kier molecular flexibility index (Phi) is 5.46. The maximum Gasteiger partial charge on any atom is 0.224 e. The predicted molar refractivity (Wildman–Crippen MR) is 71.9 cm³/mol. The summed E-state index contributed by atoms with van der Waals surface area (Å²) in [7, 11) is 0. The van der Waals surface area contributed by atoms with E-state index in [9.17, 15) is 9.18 Å². The van der Waals surface area contributed by atoms with Gasteiger partial charge in [0.1, 0.15) is 5.82 Å². The molecule has 1 atom stereocenters. The molecule has 5 heteroatoms. The summed E-state index contributed by atoms with van der Waals surface area (Å²) in [6.45, 7) is 3.97. The third-order valence-corrected chi connectivity index (χ3v) is 3.13. The largest absolute Gasteiger partial charge is 0.330 e. The van der Waals surface area contributed by atoms with E-state index in [1.54, 1.807) is 6.92 Å². The average molecular weight is 263 g/mol. The first kappa shape index (κ1) is 15.1. The van der Waals surface area contributed by atoms with Crippen molar-refractivity contribution in [1.29, 1.82) is 5.26 Å². The van der Waals surface area contributed by atoms with E-state index in [1.807, 2.05) is 13.0 Å². The smallest absolute Gasteiger partial charge is 0.224 e. The van der Waals surface area contributed by atoms with Gasteiger partial charge in [0, 0.05) is 17.7 Å². The van der Waals surface area contributed by atoms with Crippen LogP contribution in [0.3, 0.4) is 0 Å². The molecule has 0 aliphatic rings. The zero-order valence-corrected chi connectivity index (χ0v) is 11.2. The summed E-state index contributed by atoms with van der Waals surface area (Å²) >= 11 is 0. The van der Waals surface area contributed by atoms with Crippen molar-refractivity contribution >= 4 is 11.6 Å². The molecule has 4 nitrogen and oxygen atoms in total. The molecule has 1 amide bonds. The highest BCUT2D eigenvalue weighted by molar-refractivity contribution is 5.91. The van der Waals surface area contributed by atoms with E-state index in [4.69, 9.17) is 11.0 Å². The Morgan fingerprint density at radius 1 is 1.58 bits per heavy atom. The molecule has 1 aromatic carbocycles. The fourth-order valence-electron chi connectivity index (χ4n) is 1.73. The lowest BCUT2D eigenvalue weighted by atomic mass is 10.0. The second-order valence-corrected chi connectivity index (χ2v) is 4.50. The first-order valence-electron chi connectivity index (χ1n) is 6.22. The number of hydrogen-bond acceptors (Lipinski definition) is 3. The summed E-state index contributed by atoms with van der Waals surface area (Å²) in [5.41, 5.74) is 6.39. The van der Waals surface area contributed by atoms with Gasteiger partial charge in [0.2, 0.25) is 5.91 Å². The molecule has 19 heavy (non-hydrogen) atoms. The molecule has 1 unspecified atom stereocenters. The number of rotatable bonds is 5. The number of carbonyl (C=O) groups excluding carboxylic acids is 1. The number of anilines is 1. The quantitative estimate of drug-likeness (QED) is 0.855. The van der Waals surface area contributed by atoms with Crippen LogP contribution in [0.4, 0.5) is 10.1 Å². The molecule has 0 saturated carbocycles. The van der Waals surface area contributed by atoms with E-state index in [-0.39, 0.29) is 17.4 Å². The molecule has 1 aromatic rings. The summed E-state index contributed by atoms with van der Waals surface area (Å²) in [5.74, 6) is -0.598. The molecule has 0 spiro atoms. The zero-order chi connectivity index (χ0) is 14.4. The Bertz CT molecular complexity index is 504. The third-order valence-electron chi connectivity index (χ3n) is 3.13. The van der Waals surface area contributed by atoms with Crippen LogP contribution in [0.5, 0.6) is 0 Å². The number of benzene rings is 1. The monoisotopic (exact) mass is 263 g/mol. The van der Waals surface area contributed by atoms with Crippen molar-refractivity contribution in [3.63, 3.8) is 0 Å². The predicted octanol–water partition coefficient (Wildman–Crippen LogP) is 2.32. The van der Waals surface area contributed by atoms with Gasteiger partial charge in [-0.15, -0.1) is 0 Å². The van der Waals surface area contributed by atoms with Gasteiger partial charge in [-0.25, -0.2) is 4.39 Å². The minimum Gasteiger partial charge on any atom is -0.330 e. The van der Waals surface area contributed by atoms with Crippen molar-refractivity contribution in [2.24, 2.45) is 11.7 Å². The molecule has 0 heterocycles. The fourth-order valence-corrected chi connectivity index (χ4v) is 1.73. The summed E-state index contributed by atoms with van der Waals surface area (Å²) in [4.78, 5) is 11.8. The zero-order valence-electron chi connectivity index (χ0n) is 11.2. The summed E-state index contributed by atoms with van der Waals surface area (Å²) in [6, 6.07) is 4.48. The second-order valence-electron chi connectivity index (χ2n) is 4.50. The fraction of sp³-hybridized carbons (Fsp3) is 0.429. The first-order chi connectivity index (χ1) is 9.01. The lowest BCUT2D eigenvalue weighted by molar-refractivity contribution is -0.117. The summed E-state index contributed by atoms with van der Waals surface area (Å²) < 4.78 is 13.5. The Morgan fingerprint density at radius 3 is 2.79 bits per heavy atom. The summed E-state index contributed by atoms with van der Waals surface area (Å²) in [5, 5.41) is 11.4.